The molecular formula is C41H27N5O2S. The van der Waals surface area contributed by atoms with Crippen LogP contribution in [0.15, 0.2) is 146 Å². The summed E-state index contributed by atoms with van der Waals surface area (Å²) >= 11 is 1.61. The molecule has 234 valence electrons. The largest absolute Gasteiger partial charge is 0.380 e. The summed E-state index contributed by atoms with van der Waals surface area (Å²) in [4.78, 5) is 34.6. The maximum absolute atomic E-state index is 14.2. The predicted molar refractivity (Wildman–Crippen MR) is 196 cm³/mol. The standard InChI is InChI=1S/C41H27N5O2S/c47-40-31-18-10-17-30-34(42-24-26-11-3-1-4-12-26)22-21-32(37(30)31)41(48)46(40)29-16-9-13-27(23-29)38-33(25-45(44-38)28-14-5-2-6-15-28)39-43-35-19-7-8-20-36(35)49-39/h1-23,25,42H,24H2. The van der Waals surface area contributed by atoms with E-state index < -0.39 is 0 Å². The van der Waals surface area contributed by atoms with E-state index in [0.717, 1.165) is 48.7 Å². The molecule has 0 radical (unpaired) electrons. The third-order valence-electron chi connectivity index (χ3n) is 8.87. The Kier molecular flexibility index (Phi) is 6.88. The number of imide groups is 1. The van der Waals surface area contributed by atoms with E-state index in [0.29, 0.717) is 34.4 Å². The van der Waals surface area contributed by atoms with Crippen molar-refractivity contribution in [2.75, 3.05) is 10.2 Å². The van der Waals surface area contributed by atoms with Crippen LogP contribution >= 0.6 is 11.3 Å². The summed E-state index contributed by atoms with van der Waals surface area (Å²) in [6.07, 6.45) is 1.99. The van der Waals surface area contributed by atoms with Gasteiger partial charge in [-0.3, -0.25) is 9.59 Å². The Labute approximate surface area is 285 Å². The van der Waals surface area contributed by atoms with Gasteiger partial charge in [0.1, 0.15) is 10.7 Å². The number of amides is 2. The van der Waals surface area contributed by atoms with Gasteiger partial charge in [0.25, 0.3) is 11.8 Å². The summed E-state index contributed by atoms with van der Waals surface area (Å²) in [7, 11) is 0. The molecular weight excluding hydrogens is 627 g/mol. The summed E-state index contributed by atoms with van der Waals surface area (Å²) in [6, 6.07) is 45.0. The van der Waals surface area contributed by atoms with Gasteiger partial charge in [0, 0.05) is 45.9 Å². The van der Waals surface area contributed by atoms with E-state index in [4.69, 9.17) is 10.1 Å². The van der Waals surface area contributed by atoms with Crippen LogP contribution in [0.5, 0.6) is 0 Å². The minimum atomic E-state index is -0.360. The molecule has 0 saturated carbocycles. The molecule has 9 rings (SSSR count). The molecule has 0 spiro atoms. The van der Waals surface area contributed by atoms with Gasteiger partial charge >= 0.3 is 0 Å². The van der Waals surface area contributed by atoms with Crippen molar-refractivity contribution in [1.29, 1.82) is 0 Å². The summed E-state index contributed by atoms with van der Waals surface area (Å²) in [5.41, 5.74) is 7.65. The highest BCUT2D eigenvalue weighted by molar-refractivity contribution is 7.21. The first kappa shape index (κ1) is 28.8. The number of hydrogen-bond acceptors (Lipinski definition) is 6. The number of aromatic nitrogens is 3. The smallest absolute Gasteiger partial charge is 0.265 e. The van der Waals surface area contributed by atoms with Gasteiger partial charge in [0.15, 0.2) is 0 Å². The van der Waals surface area contributed by atoms with Crippen LogP contribution in [0.3, 0.4) is 0 Å². The third-order valence-corrected chi connectivity index (χ3v) is 9.94. The highest BCUT2D eigenvalue weighted by Gasteiger charge is 2.35. The van der Waals surface area contributed by atoms with Crippen LogP contribution in [-0.2, 0) is 6.54 Å². The van der Waals surface area contributed by atoms with Crippen molar-refractivity contribution in [1.82, 2.24) is 14.8 Å². The Morgan fingerprint density at radius 3 is 2.18 bits per heavy atom. The topological polar surface area (TPSA) is 80.1 Å². The quantitative estimate of drug-likeness (QED) is 0.173. The maximum Gasteiger partial charge on any atom is 0.265 e. The van der Waals surface area contributed by atoms with Gasteiger partial charge in [0.05, 0.1) is 27.2 Å². The van der Waals surface area contributed by atoms with Crippen molar-refractivity contribution < 1.29 is 9.59 Å². The average molecular weight is 654 g/mol. The second-order valence-electron chi connectivity index (χ2n) is 11.9. The van der Waals surface area contributed by atoms with Crippen molar-refractivity contribution in [3.63, 3.8) is 0 Å². The summed E-state index contributed by atoms with van der Waals surface area (Å²) < 4.78 is 2.93. The van der Waals surface area contributed by atoms with Gasteiger partial charge in [-0.15, -0.1) is 11.3 Å². The molecule has 8 aromatic rings. The molecule has 1 aliphatic rings. The number of thiazole rings is 1. The molecule has 0 bridgehead atoms. The van der Waals surface area contributed by atoms with Crippen LogP contribution < -0.4 is 10.2 Å². The highest BCUT2D eigenvalue weighted by atomic mass is 32.1. The van der Waals surface area contributed by atoms with E-state index >= 15 is 0 Å². The van der Waals surface area contributed by atoms with E-state index in [1.807, 2.05) is 120 Å². The molecule has 49 heavy (non-hydrogen) atoms. The summed E-state index contributed by atoms with van der Waals surface area (Å²) in [5.74, 6) is -0.719. The third kappa shape index (κ3) is 4.97. The molecule has 6 aromatic carbocycles. The number of anilines is 2. The zero-order valence-corrected chi connectivity index (χ0v) is 26.9. The molecule has 7 nitrogen and oxygen atoms in total. The second kappa shape index (κ2) is 11.7. The molecule has 2 amide bonds. The zero-order chi connectivity index (χ0) is 32.9. The summed E-state index contributed by atoms with van der Waals surface area (Å²) in [6.45, 7) is 0.624. The van der Waals surface area contributed by atoms with E-state index in [1.54, 1.807) is 23.5 Å². The van der Waals surface area contributed by atoms with Gasteiger partial charge in [0.2, 0.25) is 0 Å². The fourth-order valence-electron chi connectivity index (χ4n) is 6.51. The second-order valence-corrected chi connectivity index (χ2v) is 12.9. The molecule has 1 N–H and O–H groups in total. The number of para-hydroxylation sites is 2. The maximum atomic E-state index is 14.2. The first-order valence-electron chi connectivity index (χ1n) is 16.0. The Morgan fingerprint density at radius 2 is 1.37 bits per heavy atom. The Morgan fingerprint density at radius 1 is 0.653 bits per heavy atom. The van der Waals surface area contributed by atoms with Crippen molar-refractivity contribution in [2.45, 2.75) is 6.54 Å². The lowest BCUT2D eigenvalue weighted by atomic mass is 9.92. The van der Waals surface area contributed by atoms with Crippen LogP contribution in [0.25, 0.3) is 48.5 Å². The van der Waals surface area contributed by atoms with E-state index in [-0.39, 0.29) is 11.8 Å². The van der Waals surface area contributed by atoms with Gasteiger partial charge in [-0.2, -0.15) is 5.10 Å². The van der Waals surface area contributed by atoms with Crippen LogP contribution in [0.2, 0.25) is 0 Å². The number of carbonyl (C=O) groups is 2. The molecule has 1 aliphatic heterocycles. The van der Waals surface area contributed by atoms with Gasteiger partial charge in [-0.25, -0.2) is 14.6 Å². The monoisotopic (exact) mass is 653 g/mol. The Bertz CT molecular complexity index is 2500. The number of benzene rings is 6. The van der Waals surface area contributed by atoms with Crippen LogP contribution in [0.1, 0.15) is 26.3 Å². The van der Waals surface area contributed by atoms with Gasteiger partial charge in [-0.05, 0) is 60.2 Å². The molecule has 0 atom stereocenters. The van der Waals surface area contributed by atoms with Crippen LogP contribution in [0.4, 0.5) is 11.4 Å². The zero-order valence-electron chi connectivity index (χ0n) is 26.1. The molecule has 0 unspecified atom stereocenters. The fraction of sp³-hybridized carbons (Fsp3) is 0.0244. The van der Waals surface area contributed by atoms with Crippen LogP contribution in [0, 0.1) is 0 Å². The lowest BCUT2D eigenvalue weighted by molar-refractivity contribution is 0.0893. The Balaban J connectivity index is 1.11. The SMILES string of the molecule is O=C1c2cccc3c(NCc4ccccc4)ccc(c23)C(=O)N1c1cccc(-c2nn(-c3ccccc3)cc2-c2nc3ccccc3s2)c1. The number of rotatable bonds is 7. The molecule has 0 aliphatic carbocycles. The number of carbonyl (C=O) groups excluding carboxylic acids is 2. The molecule has 0 fully saturated rings. The van der Waals surface area contributed by atoms with Crippen LogP contribution in [-0.4, -0.2) is 26.6 Å². The van der Waals surface area contributed by atoms with Crippen molar-refractivity contribution in [2.24, 2.45) is 0 Å². The first-order chi connectivity index (χ1) is 24.1. The lowest BCUT2D eigenvalue weighted by Crippen LogP contribution is -2.40. The van der Waals surface area contributed by atoms with E-state index in [1.165, 1.54) is 4.90 Å². The first-order valence-corrected chi connectivity index (χ1v) is 16.8. The van der Waals surface area contributed by atoms with E-state index in [2.05, 4.69) is 23.5 Å². The molecule has 2 aromatic heterocycles. The van der Waals surface area contributed by atoms with Gasteiger partial charge < -0.3 is 5.32 Å². The van der Waals surface area contributed by atoms with Crippen molar-refractivity contribution in [3.05, 3.63) is 162 Å². The van der Waals surface area contributed by atoms with E-state index in [9.17, 15) is 9.59 Å². The number of hydrogen-bond donors (Lipinski definition) is 1. The summed E-state index contributed by atoms with van der Waals surface area (Å²) in [5, 5.41) is 10.9. The van der Waals surface area contributed by atoms with Gasteiger partial charge in [-0.1, -0.05) is 84.9 Å². The minimum absolute atomic E-state index is 0.360. The molecule has 3 heterocycles. The predicted octanol–water partition coefficient (Wildman–Crippen LogP) is 9.38. The normalized spacial score (nSPS) is 12.6. The van der Waals surface area contributed by atoms with Crippen molar-refractivity contribution >= 4 is 55.5 Å². The Hall–Kier alpha value is -6.38. The van der Waals surface area contributed by atoms with Crippen molar-refractivity contribution in [3.8, 4) is 27.5 Å². The number of fused-ring (bicyclic) bond motifs is 1. The number of nitrogens with one attached hydrogen (secondary N) is 1. The lowest BCUT2D eigenvalue weighted by Gasteiger charge is -2.28. The molecule has 0 saturated heterocycles. The minimum Gasteiger partial charge on any atom is -0.380 e. The fourth-order valence-corrected chi connectivity index (χ4v) is 7.49. The number of nitrogens with zero attached hydrogens (tertiary/aromatic N) is 4. The molecule has 8 heteroatoms. The highest BCUT2D eigenvalue weighted by Crippen LogP contribution is 2.40. The average Bonchev–Trinajstić information content (AvgIpc) is 3.79.